The standard InChI is InChI=1S/C14H22N2O4S/c1-2-4-14(12(18)19)5-7-16(10-14)11(17)3-6-15-8-9-21-13(15)20/h2-10H2,1H3,(H,18,19). The van der Waals surface area contributed by atoms with Crippen molar-refractivity contribution in [1.82, 2.24) is 9.80 Å². The molecule has 21 heavy (non-hydrogen) atoms. The molecule has 6 nitrogen and oxygen atoms in total. The molecule has 0 radical (unpaired) electrons. The van der Waals surface area contributed by atoms with Crippen LogP contribution in [0, 0.1) is 5.41 Å². The molecular formula is C14H22N2O4S. The number of amides is 2. The maximum Gasteiger partial charge on any atom is 0.311 e. The maximum atomic E-state index is 12.2. The predicted octanol–water partition coefficient (Wildman–Crippen LogP) is 1.65. The van der Waals surface area contributed by atoms with Crippen molar-refractivity contribution in [2.24, 2.45) is 5.41 Å². The molecule has 2 fully saturated rings. The fourth-order valence-electron chi connectivity index (χ4n) is 3.07. The molecule has 1 N–H and O–H groups in total. The molecule has 0 saturated carbocycles. The van der Waals surface area contributed by atoms with Crippen molar-refractivity contribution in [3.8, 4) is 0 Å². The van der Waals surface area contributed by atoms with Crippen LogP contribution in [0.3, 0.4) is 0 Å². The molecular weight excluding hydrogens is 292 g/mol. The second-order valence-corrected chi connectivity index (χ2v) is 6.80. The molecule has 0 aromatic rings. The largest absolute Gasteiger partial charge is 0.481 e. The second-order valence-electron chi connectivity index (χ2n) is 5.75. The number of thioether (sulfide) groups is 1. The highest BCUT2D eigenvalue weighted by Gasteiger charge is 2.45. The first-order valence-corrected chi connectivity index (χ1v) is 8.40. The molecule has 0 aliphatic carbocycles. The van der Waals surface area contributed by atoms with Gasteiger partial charge in [0.1, 0.15) is 0 Å². The van der Waals surface area contributed by atoms with Crippen molar-refractivity contribution in [1.29, 1.82) is 0 Å². The van der Waals surface area contributed by atoms with E-state index in [2.05, 4.69) is 0 Å². The van der Waals surface area contributed by atoms with E-state index in [1.807, 2.05) is 6.92 Å². The van der Waals surface area contributed by atoms with Crippen LogP contribution in [0.25, 0.3) is 0 Å². The molecule has 2 heterocycles. The van der Waals surface area contributed by atoms with E-state index in [0.717, 1.165) is 12.2 Å². The summed E-state index contributed by atoms with van der Waals surface area (Å²) in [6.07, 6.45) is 2.22. The first-order valence-electron chi connectivity index (χ1n) is 7.41. The third-order valence-electron chi connectivity index (χ3n) is 4.33. The Morgan fingerprint density at radius 1 is 1.38 bits per heavy atom. The number of rotatable bonds is 6. The molecule has 0 aromatic heterocycles. The van der Waals surface area contributed by atoms with Gasteiger partial charge in [-0.1, -0.05) is 25.1 Å². The number of carboxylic acids is 1. The van der Waals surface area contributed by atoms with Crippen LogP contribution in [0.4, 0.5) is 4.79 Å². The zero-order valence-corrected chi connectivity index (χ0v) is 13.2. The van der Waals surface area contributed by atoms with Gasteiger partial charge >= 0.3 is 5.97 Å². The SMILES string of the molecule is CCCC1(C(=O)O)CCN(C(=O)CCN2CCSC2=O)C1. The minimum absolute atomic E-state index is 0.0371. The van der Waals surface area contributed by atoms with Gasteiger partial charge in [-0.25, -0.2) is 0 Å². The number of carboxylic acid groups (broad SMARTS) is 1. The highest BCUT2D eigenvalue weighted by molar-refractivity contribution is 8.13. The van der Waals surface area contributed by atoms with Gasteiger partial charge in [-0.15, -0.1) is 0 Å². The molecule has 0 aromatic carbocycles. The summed E-state index contributed by atoms with van der Waals surface area (Å²) in [5.74, 6) is -0.0558. The smallest absolute Gasteiger partial charge is 0.311 e. The van der Waals surface area contributed by atoms with Crippen molar-refractivity contribution in [2.75, 3.05) is 31.9 Å². The summed E-state index contributed by atoms with van der Waals surface area (Å²) in [4.78, 5) is 38.5. The Morgan fingerprint density at radius 3 is 2.71 bits per heavy atom. The lowest BCUT2D eigenvalue weighted by atomic mass is 9.83. The van der Waals surface area contributed by atoms with E-state index < -0.39 is 11.4 Å². The average molecular weight is 314 g/mol. The van der Waals surface area contributed by atoms with Crippen molar-refractivity contribution in [2.45, 2.75) is 32.6 Å². The van der Waals surface area contributed by atoms with Gasteiger partial charge in [0.05, 0.1) is 5.41 Å². The van der Waals surface area contributed by atoms with Crippen LogP contribution in [0.2, 0.25) is 0 Å². The van der Waals surface area contributed by atoms with Crippen LogP contribution in [0.15, 0.2) is 0 Å². The van der Waals surface area contributed by atoms with Gasteiger partial charge in [-0.3, -0.25) is 14.4 Å². The zero-order valence-electron chi connectivity index (χ0n) is 12.3. The summed E-state index contributed by atoms with van der Waals surface area (Å²) < 4.78 is 0. The minimum atomic E-state index is -0.800. The first kappa shape index (κ1) is 16.1. The number of carbonyl (C=O) groups is 3. The number of carbonyl (C=O) groups excluding carboxylic acids is 2. The van der Waals surface area contributed by atoms with Crippen molar-refractivity contribution >= 4 is 28.9 Å². The lowest BCUT2D eigenvalue weighted by molar-refractivity contribution is -0.149. The van der Waals surface area contributed by atoms with Crippen LogP contribution in [0.1, 0.15) is 32.6 Å². The minimum Gasteiger partial charge on any atom is -0.481 e. The molecule has 0 spiro atoms. The summed E-state index contributed by atoms with van der Waals surface area (Å²) in [5.41, 5.74) is -0.774. The summed E-state index contributed by atoms with van der Waals surface area (Å²) >= 11 is 1.28. The van der Waals surface area contributed by atoms with Crippen molar-refractivity contribution in [3.05, 3.63) is 0 Å². The van der Waals surface area contributed by atoms with Crippen molar-refractivity contribution < 1.29 is 19.5 Å². The van der Waals surface area contributed by atoms with Gasteiger partial charge in [0, 0.05) is 38.4 Å². The van der Waals surface area contributed by atoms with E-state index in [4.69, 9.17) is 0 Å². The molecule has 1 unspecified atom stereocenters. The first-order chi connectivity index (χ1) is 9.98. The Kier molecular flexibility index (Phi) is 5.13. The van der Waals surface area contributed by atoms with Gasteiger partial charge in [0.25, 0.3) is 5.24 Å². The Hall–Kier alpha value is -1.24. The van der Waals surface area contributed by atoms with Crippen LogP contribution >= 0.6 is 11.8 Å². The third kappa shape index (κ3) is 3.51. The van der Waals surface area contributed by atoms with E-state index >= 15 is 0 Å². The van der Waals surface area contributed by atoms with E-state index in [9.17, 15) is 19.5 Å². The Morgan fingerprint density at radius 2 is 2.14 bits per heavy atom. The molecule has 1 atom stereocenters. The molecule has 2 amide bonds. The van der Waals surface area contributed by atoms with Crippen LogP contribution in [-0.4, -0.2) is 64.0 Å². The quantitative estimate of drug-likeness (QED) is 0.806. The summed E-state index contributed by atoms with van der Waals surface area (Å²) in [6, 6.07) is 0. The lowest BCUT2D eigenvalue weighted by Crippen LogP contribution is -2.38. The number of likely N-dealkylation sites (tertiary alicyclic amines) is 1. The fourth-order valence-corrected chi connectivity index (χ4v) is 3.92. The lowest BCUT2D eigenvalue weighted by Gasteiger charge is -2.24. The highest BCUT2D eigenvalue weighted by Crippen LogP contribution is 2.35. The highest BCUT2D eigenvalue weighted by atomic mass is 32.2. The van der Waals surface area contributed by atoms with E-state index in [1.54, 1.807) is 9.80 Å². The Labute approximate surface area is 128 Å². The fraction of sp³-hybridized carbons (Fsp3) is 0.786. The summed E-state index contributed by atoms with van der Waals surface area (Å²) in [5, 5.41) is 9.48. The monoisotopic (exact) mass is 314 g/mol. The van der Waals surface area contributed by atoms with Crippen LogP contribution < -0.4 is 0 Å². The molecule has 2 aliphatic heterocycles. The molecule has 7 heteroatoms. The predicted molar refractivity (Wildman–Crippen MR) is 80.2 cm³/mol. The third-order valence-corrected chi connectivity index (χ3v) is 5.22. The van der Waals surface area contributed by atoms with Crippen LogP contribution in [-0.2, 0) is 9.59 Å². The summed E-state index contributed by atoms with van der Waals surface area (Å²) in [7, 11) is 0. The van der Waals surface area contributed by atoms with Gasteiger partial charge in [-0.05, 0) is 12.8 Å². The van der Waals surface area contributed by atoms with Crippen LogP contribution in [0.5, 0.6) is 0 Å². The Balaban J connectivity index is 1.86. The topological polar surface area (TPSA) is 77.9 Å². The Bertz CT molecular complexity index is 443. The van der Waals surface area contributed by atoms with E-state index in [-0.39, 0.29) is 17.6 Å². The van der Waals surface area contributed by atoms with E-state index in [1.165, 1.54) is 11.8 Å². The molecule has 2 saturated heterocycles. The second kappa shape index (κ2) is 6.68. The number of hydrogen-bond acceptors (Lipinski definition) is 4. The molecule has 2 aliphatic rings. The molecule has 118 valence electrons. The zero-order chi connectivity index (χ0) is 15.5. The molecule has 2 rings (SSSR count). The maximum absolute atomic E-state index is 12.2. The van der Waals surface area contributed by atoms with Gasteiger partial charge < -0.3 is 14.9 Å². The normalized spacial score (nSPS) is 25.7. The number of aliphatic carboxylic acids is 1. The molecule has 0 bridgehead atoms. The average Bonchev–Trinajstić information content (AvgIpc) is 3.04. The van der Waals surface area contributed by atoms with Gasteiger partial charge in [0.15, 0.2) is 0 Å². The number of nitrogens with zero attached hydrogens (tertiary/aromatic N) is 2. The number of hydrogen-bond donors (Lipinski definition) is 1. The van der Waals surface area contributed by atoms with Crippen molar-refractivity contribution in [3.63, 3.8) is 0 Å². The van der Waals surface area contributed by atoms with Gasteiger partial charge in [-0.2, -0.15) is 0 Å². The van der Waals surface area contributed by atoms with Gasteiger partial charge in [0.2, 0.25) is 5.91 Å². The summed E-state index contributed by atoms with van der Waals surface area (Å²) in [6.45, 7) is 3.91. The van der Waals surface area contributed by atoms with E-state index in [0.29, 0.717) is 39.0 Å².